The van der Waals surface area contributed by atoms with E-state index in [1.165, 1.54) is 41.2 Å². The molecule has 112 valence electrons. The van der Waals surface area contributed by atoms with Gasteiger partial charge in [0.15, 0.2) is 0 Å². The van der Waals surface area contributed by atoms with Crippen LogP contribution >= 0.6 is 23.5 Å². The van der Waals surface area contributed by atoms with E-state index in [0.29, 0.717) is 41.8 Å². The van der Waals surface area contributed by atoms with E-state index < -0.39 is 0 Å². The van der Waals surface area contributed by atoms with E-state index in [-0.39, 0.29) is 0 Å². The van der Waals surface area contributed by atoms with Gasteiger partial charge in [-0.2, -0.15) is 0 Å². The molecule has 3 aliphatic heterocycles. The van der Waals surface area contributed by atoms with E-state index in [2.05, 4.69) is 67.2 Å². The third-order valence-corrected chi connectivity index (χ3v) is 19.1. The molecule has 0 amide bonds. The van der Waals surface area contributed by atoms with Gasteiger partial charge in [-0.3, -0.25) is 0 Å². The van der Waals surface area contributed by atoms with E-state index in [0.717, 1.165) is 16.4 Å². The number of hydrogen-bond acceptors (Lipinski definition) is 2. The monoisotopic (exact) mass is 772 g/mol. The molecule has 4 unspecified atom stereocenters. The molecule has 0 aromatic carbocycles. The molecule has 3 saturated heterocycles. The maximum absolute atomic E-state index is 2.39. The predicted octanol–water partition coefficient (Wildman–Crippen LogP) is 2.08. The summed E-state index contributed by atoms with van der Waals surface area (Å²) < 4.78 is 8.30. The fraction of sp³-hybridized carbons (Fsp3) is 0.857. The average molecular weight is 763 g/mol. The Hall–Kier alpha value is 3.60. The van der Waals surface area contributed by atoms with Crippen molar-refractivity contribution in [3.63, 3.8) is 0 Å². The summed E-state index contributed by atoms with van der Waals surface area (Å²) >= 11 is 9.92. The Morgan fingerprint density at radius 1 is 0.950 bits per heavy atom. The van der Waals surface area contributed by atoms with Gasteiger partial charge in [0.25, 0.3) is 0 Å². The molecule has 0 aromatic heterocycles. The van der Waals surface area contributed by atoms with Gasteiger partial charge in [-0.25, -0.2) is 0 Å². The van der Waals surface area contributed by atoms with Crippen molar-refractivity contribution in [1.82, 2.24) is 0 Å². The van der Waals surface area contributed by atoms with Crippen LogP contribution in [0.1, 0.15) is 25.7 Å². The van der Waals surface area contributed by atoms with Crippen LogP contribution in [0.3, 0.4) is 0 Å². The molecule has 3 aliphatic rings. The summed E-state index contributed by atoms with van der Waals surface area (Å²) in [6.45, 7) is 0. The van der Waals surface area contributed by atoms with Gasteiger partial charge in [0.05, 0.1) is 0 Å². The van der Waals surface area contributed by atoms with Gasteiger partial charge in [0.2, 0.25) is 0 Å². The van der Waals surface area contributed by atoms with Crippen LogP contribution < -0.4 is 0 Å². The fourth-order valence-electron chi connectivity index (χ4n) is 2.56. The van der Waals surface area contributed by atoms with Crippen LogP contribution in [-0.2, 0) is 0 Å². The first-order valence-electron chi connectivity index (χ1n) is 7.16. The number of hydrogen-bond donors (Lipinski definition) is 0. The molecule has 0 N–H and O–H groups in total. The Kier molecular flexibility index (Phi) is 8.59. The molecule has 0 radical (unpaired) electrons. The van der Waals surface area contributed by atoms with Crippen molar-refractivity contribution in [2.75, 3.05) is 11.5 Å². The van der Waals surface area contributed by atoms with E-state index in [1.54, 1.807) is 6.99 Å². The van der Waals surface area contributed by atoms with E-state index in [9.17, 15) is 0 Å². The van der Waals surface area contributed by atoms with Crippen LogP contribution in [0, 0.1) is 5.92 Å². The van der Waals surface area contributed by atoms with Crippen LogP contribution in [-0.4, -0.2) is 115 Å². The third kappa shape index (κ3) is 6.84. The maximum atomic E-state index is 2.39. The third-order valence-electron chi connectivity index (χ3n) is 3.86. The summed E-state index contributed by atoms with van der Waals surface area (Å²) in [6.07, 6.45) is 5.92. The Bertz CT molecular complexity index is 343. The fourth-order valence-corrected chi connectivity index (χ4v) is 21.0. The molecule has 3 heterocycles. The summed E-state index contributed by atoms with van der Waals surface area (Å²) in [6, 6.07) is 0. The van der Waals surface area contributed by atoms with Crippen LogP contribution in [0.5, 0.6) is 0 Å². The molecule has 3 fully saturated rings. The molecule has 0 nitrogen and oxygen atoms in total. The Balaban J connectivity index is 1.46. The van der Waals surface area contributed by atoms with Crippen molar-refractivity contribution in [3.8, 4) is 0 Å². The summed E-state index contributed by atoms with van der Waals surface area (Å²) in [5.74, 6) is 4.02. The van der Waals surface area contributed by atoms with Crippen molar-refractivity contribution in [1.29, 1.82) is 0 Å². The standard InChI is InChI=1S/C14H20S2Te4/c17-12(2-10-5-15-10)1-9-7-19-8-20-14(9)4-13(18)3-11-6-16-11/h9-11,14H,1-8H2. The van der Waals surface area contributed by atoms with Crippen LogP contribution in [0.2, 0.25) is 11.0 Å². The minimum atomic E-state index is 0.361. The van der Waals surface area contributed by atoms with E-state index >= 15 is 0 Å². The molecular weight excluding hydrogens is 743 g/mol. The van der Waals surface area contributed by atoms with Crippen molar-refractivity contribution >= 4 is 116 Å². The van der Waals surface area contributed by atoms with Crippen molar-refractivity contribution in [2.24, 2.45) is 5.92 Å². The second kappa shape index (κ2) is 9.34. The second-order valence-electron chi connectivity index (χ2n) is 5.76. The first-order valence-corrected chi connectivity index (χ1v) is 17.9. The first kappa shape index (κ1) is 18.4. The Labute approximate surface area is 177 Å². The van der Waals surface area contributed by atoms with Crippen molar-refractivity contribution in [3.05, 3.63) is 0 Å². The molecule has 0 aromatic rings. The van der Waals surface area contributed by atoms with Gasteiger partial charge >= 0.3 is 181 Å². The summed E-state index contributed by atoms with van der Waals surface area (Å²) in [4.78, 5) is 0. The summed E-state index contributed by atoms with van der Waals surface area (Å²) in [7, 11) is 0. The summed E-state index contributed by atoms with van der Waals surface area (Å²) in [5, 5.41) is 2.04. The zero-order valence-corrected chi connectivity index (χ0v) is 22.4. The first-order chi connectivity index (χ1) is 9.70. The van der Waals surface area contributed by atoms with Gasteiger partial charge in [0, 0.05) is 0 Å². The van der Waals surface area contributed by atoms with Gasteiger partial charge in [-0.05, 0) is 0 Å². The van der Waals surface area contributed by atoms with E-state index in [1.807, 2.05) is 7.10 Å². The molecule has 0 spiro atoms. The molecule has 0 bridgehead atoms. The quantitative estimate of drug-likeness (QED) is 0.275. The van der Waals surface area contributed by atoms with Gasteiger partial charge < -0.3 is 0 Å². The van der Waals surface area contributed by atoms with E-state index in [4.69, 9.17) is 0 Å². The number of rotatable bonds is 8. The molecule has 20 heavy (non-hydrogen) atoms. The molecule has 0 aliphatic carbocycles. The average Bonchev–Trinajstić information content (AvgIpc) is 3.28. The molecule has 3 rings (SSSR count). The van der Waals surface area contributed by atoms with Crippen LogP contribution in [0.15, 0.2) is 0 Å². The van der Waals surface area contributed by atoms with Crippen LogP contribution in [0.25, 0.3) is 0 Å². The minimum absolute atomic E-state index is 0.361. The molecule has 6 heteroatoms. The topological polar surface area (TPSA) is 0 Å². The second-order valence-corrected chi connectivity index (χ2v) is 21.7. The van der Waals surface area contributed by atoms with Gasteiger partial charge in [-0.15, -0.1) is 0 Å². The number of thioether (sulfide) groups is 2. The van der Waals surface area contributed by atoms with Crippen molar-refractivity contribution in [2.45, 2.75) is 47.1 Å². The Morgan fingerprint density at radius 3 is 2.15 bits per heavy atom. The van der Waals surface area contributed by atoms with Gasteiger partial charge in [-0.1, -0.05) is 0 Å². The molecule has 0 saturated carbocycles. The summed E-state index contributed by atoms with van der Waals surface area (Å²) in [5.41, 5.74) is 0. The van der Waals surface area contributed by atoms with Crippen molar-refractivity contribution < 1.29 is 0 Å². The normalized spacial score (nSPS) is 35.6. The Morgan fingerprint density at radius 2 is 1.55 bits per heavy atom. The van der Waals surface area contributed by atoms with Gasteiger partial charge in [0.1, 0.15) is 0 Å². The zero-order valence-electron chi connectivity index (χ0n) is 11.4. The van der Waals surface area contributed by atoms with Crippen LogP contribution in [0.4, 0.5) is 0 Å². The molecular formula is C14H20S2Te4. The predicted molar refractivity (Wildman–Crippen MR) is 101 cm³/mol. The SMILES string of the molecule is [Te]=C(CC1CS1)CC1C[Te]C[Te]C1CC(=[Te])CC1CS1. The molecule has 4 atom stereocenters. The zero-order chi connectivity index (χ0) is 13.9.